The van der Waals surface area contributed by atoms with Gasteiger partial charge in [0.25, 0.3) is 5.69 Å². The number of Topliss-reactive ketones (excluding diaryl/α,β-unsaturated/α-hetero) is 1. The topological polar surface area (TPSA) is 181 Å². The van der Waals surface area contributed by atoms with Crippen molar-refractivity contribution in [1.29, 1.82) is 5.26 Å². The SMILES string of the molecule is Cc1ccc(NC(=O)CSc2nnc(N3C(N)=C(C#N)C(c4cccnc4)C4=C3CC(C)(C)CC4=O)s2)cc1[N+](=O)[O-]. The molecular formula is C28H26N8O4S2. The second-order valence-corrected chi connectivity index (χ2v) is 12.9. The Balaban J connectivity index is 1.42. The number of hydrogen-bond donors (Lipinski definition) is 2. The normalized spacial score (nSPS) is 18.0. The summed E-state index contributed by atoms with van der Waals surface area (Å²) in [5.74, 6) is -0.924. The molecule has 3 aromatic rings. The van der Waals surface area contributed by atoms with Crippen molar-refractivity contribution >= 4 is 51.3 Å². The molecule has 1 aliphatic carbocycles. The van der Waals surface area contributed by atoms with E-state index >= 15 is 0 Å². The van der Waals surface area contributed by atoms with E-state index in [2.05, 4.69) is 26.6 Å². The Bertz CT molecular complexity index is 1710. The average Bonchev–Trinajstić information content (AvgIpc) is 3.40. The molecule has 0 fully saturated rings. The summed E-state index contributed by atoms with van der Waals surface area (Å²) in [5, 5.41) is 33.0. The zero-order valence-electron chi connectivity index (χ0n) is 23.0. The van der Waals surface area contributed by atoms with E-state index in [0.29, 0.717) is 50.4 Å². The summed E-state index contributed by atoms with van der Waals surface area (Å²) in [6, 6.07) is 10.3. The monoisotopic (exact) mass is 602 g/mol. The van der Waals surface area contributed by atoms with Gasteiger partial charge in [0.15, 0.2) is 10.1 Å². The smallest absolute Gasteiger partial charge is 0.274 e. The standard InChI is InChI=1S/C28H26N8O4S2/c1-15-6-7-17(9-19(15)36(39)40)32-22(38)14-41-27-34-33-26(42-27)35-20-10-28(2,3)11-21(37)24(20)23(18(12-29)25(35)30)16-5-4-8-31-13-16/h4-9,13,23H,10-11,14,30H2,1-3H3,(H,32,38). The molecule has 0 spiro atoms. The fourth-order valence-electron chi connectivity index (χ4n) is 5.17. The van der Waals surface area contributed by atoms with Crippen LogP contribution in [0.1, 0.15) is 43.7 Å². The van der Waals surface area contributed by atoms with Crippen LogP contribution in [0.15, 0.2) is 69.7 Å². The number of ketones is 1. The lowest BCUT2D eigenvalue weighted by Crippen LogP contribution is -2.42. The van der Waals surface area contributed by atoms with Crippen LogP contribution in [0.2, 0.25) is 0 Å². The van der Waals surface area contributed by atoms with E-state index in [-0.39, 0.29) is 39.9 Å². The van der Waals surface area contributed by atoms with Gasteiger partial charge in [-0.05, 0) is 36.5 Å². The molecule has 0 radical (unpaired) electrons. The van der Waals surface area contributed by atoms with E-state index in [1.54, 1.807) is 42.4 Å². The molecule has 0 saturated carbocycles. The van der Waals surface area contributed by atoms with Crippen molar-refractivity contribution in [2.75, 3.05) is 16.0 Å². The number of nitriles is 1. The zero-order valence-corrected chi connectivity index (χ0v) is 24.6. The molecule has 1 atom stereocenters. The van der Waals surface area contributed by atoms with Crippen LogP contribution in [0, 0.1) is 33.8 Å². The number of nitrogens with zero attached hydrogens (tertiary/aromatic N) is 6. The summed E-state index contributed by atoms with van der Waals surface area (Å²) in [4.78, 5) is 42.7. The van der Waals surface area contributed by atoms with Crippen LogP contribution in [0.5, 0.6) is 0 Å². The van der Waals surface area contributed by atoms with Crippen molar-refractivity contribution in [3.05, 3.63) is 86.6 Å². The first-order chi connectivity index (χ1) is 20.0. The maximum Gasteiger partial charge on any atom is 0.274 e. The highest BCUT2D eigenvalue weighted by atomic mass is 32.2. The van der Waals surface area contributed by atoms with Crippen LogP contribution in [0.25, 0.3) is 0 Å². The summed E-state index contributed by atoms with van der Waals surface area (Å²) in [6.45, 7) is 5.64. The Labute approximate surface area is 249 Å². The molecule has 1 unspecified atom stereocenters. The molecule has 5 rings (SSSR count). The van der Waals surface area contributed by atoms with Crippen molar-refractivity contribution in [3.63, 3.8) is 0 Å². The second kappa shape index (κ2) is 11.3. The van der Waals surface area contributed by atoms with Crippen molar-refractivity contribution < 1.29 is 14.5 Å². The maximum atomic E-state index is 13.6. The van der Waals surface area contributed by atoms with Crippen LogP contribution in [-0.4, -0.2) is 37.5 Å². The van der Waals surface area contributed by atoms with Crippen LogP contribution in [0.3, 0.4) is 0 Å². The number of benzene rings is 1. The predicted octanol–water partition coefficient (Wildman–Crippen LogP) is 4.82. The van der Waals surface area contributed by atoms with Gasteiger partial charge in [0.05, 0.1) is 28.2 Å². The summed E-state index contributed by atoms with van der Waals surface area (Å²) in [6.07, 6.45) is 4.12. The minimum atomic E-state index is -0.637. The number of aromatic nitrogens is 3. The number of hydrogen-bond acceptors (Lipinski definition) is 12. The van der Waals surface area contributed by atoms with Gasteiger partial charge in [-0.3, -0.25) is 29.6 Å². The number of nitrogens with one attached hydrogen (secondary N) is 1. The van der Waals surface area contributed by atoms with E-state index in [1.165, 1.54) is 17.4 Å². The van der Waals surface area contributed by atoms with Crippen molar-refractivity contribution in [2.45, 2.75) is 43.9 Å². The Hall–Kier alpha value is -4.61. The number of carbonyl (C=O) groups excluding carboxylic acids is 2. The molecule has 12 nitrogen and oxygen atoms in total. The summed E-state index contributed by atoms with van der Waals surface area (Å²) in [7, 11) is 0. The minimum Gasteiger partial charge on any atom is -0.384 e. The van der Waals surface area contributed by atoms with Gasteiger partial charge in [-0.1, -0.05) is 49.1 Å². The third-order valence-electron chi connectivity index (χ3n) is 7.00. The molecule has 2 aromatic heterocycles. The number of rotatable bonds is 7. The minimum absolute atomic E-state index is 0.0202. The number of pyridine rings is 1. The fraction of sp³-hybridized carbons (Fsp3) is 0.286. The van der Waals surface area contributed by atoms with Crippen LogP contribution >= 0.6 is 23.1 Å². The van der Waals surface area contributed by atoms with Gasteiger partial charge in [-0.15, -0.1) is 10.2 Å². The number of nitro benzene ring substituents is 1. The fourth-order valence-corrected chi connectivity index (χ4v) is 6.85. The lowest BCUT2D eigenvalue weighted by atomic mass is 9.69. The Morgan fingerprint density at radius 3 is 2.81 bits per heavy atom. The highest BCUT2D eigenvalue weighted by molar-refractivity contribution is 8.01. The third kappa shape index (κ3) is 5.61. The number of nitro groups is 1. The molecule has 214 valence electrons. The van der Waals surface area contributed by atoms with Crippen LogP contribution in [0.4, 0.5) is 16.5 Å². The van der Waals surface area contributed by atoms with Crippen molar-refractivity contribution in [1.82, 2.24) is 15.2 Å². The first-order valence-corrected chi connectivity index (χ1v) is 14.7. The molecule has 1 amide bonds. The number of allylic oxidation sites excluding steroid dienone is 3. The number of carbonyl (C=O) groups is 2. The molecule has 1 aliphatic heterocycles. The van der Waals surface area contributed by atoms with E-state index < -0.39 is 10.8 Å². The van der Waals surface area contributed by atoms with Gasteiger partial charge in [0.1, 0.15) is 5.82 Å². The van der Waals surface area contributed by atoms with E-state index in [0.717, 1.165) is 11.8 Å². The average molecular weight is 603 g/mol. The highest BCUT2D eigenvalue weighted by Crippen LogP contribution is 2.50. The van der Waals surface area contributed by atoms with Crippen molar-refractivity contribution in [3.8, 4) is 6.07 Å². The summed E-state index contributed by atoms with van der Waals surface area (Å²) < 4.78 is 0.472. The Morgan fingerprint density at radius 2 is 2.12 bits per heavy atom. The summed E-state index contributed by atoms with van der Waals surface area (Å²) in [5.41, 5.74) is 9.13. The van der Waals surface area contributed by atoms with E-state index in [1.807, 2.05) is 19.9 Å². The van der Waals surface area contributed by atoms with Gasteiger partial charge >= 0.3 is 0 Å². The van der Waals surface area contributed by atoms with Crippen LogP contribution in [-0.2, 0) is 9.59 Å². The molecule has 3 N–H and O–H groups in total. The quantitative estimate of drug-likeness (QED) is 0.215. The Kier molecular flexibility index (Phi) is 7.81. The molecule has 3 heterocycles. The molecule has 2 aliphatic rings. The lowest BCUT2D eigenvalue weighted by molar-refractivity contribution is -0.385. The first-order valence-electron chi connectivity index (χ1n) is 12.9. The first kappa shape index (κ1) is 28.9. The van der Waals surface area contributed by atoms with E-state index in [9.17, 15) is 25.0 Å². The maximum absolute atomic E-state index is 13.6. The third-order valence-corrected chi connectivity index (χ3v) is 9.04. The predicted molar refractivity (Wildman–Crippen MR) is 158 cm³/mol. The van der Waals surface area contributed by atoms with Gasteiger partial charge in [-0.2, -0.15) is 5.26 Å². The van der Waals surface area contributed by atoms with Gasteiger partial charge in [-0.25, -0.2) is 0 Å². The molecule has 0 bridgehead atoms. The molecule has 42 heavy (non-hydrogen) atoms. The second-order valence-electron chi connectivity index (χ2n) is 10.7. The molecule has 0 saturated heterocycles. The number of thioether (sulfide) groups is 1. The number of amides is 1. The van der Waals surface area contributed by atoms with E-state index in [4.69, 9.17) is 5.73 Å². The zero-order chi connectivity index (χ0) is 30.2. The number of aryl methyl sites for hydroxylation is 1. The number of nitrogens with two attached hydrogens (primary N) is 1. The molecule has 14 heteroatoms. The lowest BCUT2D eigenvalue weighted by Gasteiger charge is -2.42. The van der Waals surface area contributed by atoms with Gasteiger partial charge < -0.3 is 11.1 Å². The molecule has 1 aromatic carbocycles. The molecular weight excluding hydrogens is 576 g/mol. The Morgan fingerprint density at radius 1 is 1.33 bits per heavy atom. The van der Waals surface area contributed by atoms with Gasteiger partial charge in [0.2, 0.25) is 11.0 Å². The number of anilines is 2. The van der Waals surface area contributed by atoms with Gasteiger partial charge in [0, 0.05) is 47.4 Å². The highest BCUT2D eigenvalue weighted by Gasteiger charge is 2.45. The van der Waals surface area contributed by atoms with Crippen molar-refractivity contribution in [2.24, 2.45) is 11.1 Å². The largest absolute Gasteiger partial charge is 0.384 e. The van der Waals surface area contributed by atoms with Crippen LogP contribution < -0.4 is 16.0 Å². The summed E-state index contributed by atoms with van der Waals surface area (Å²) >= 11 is 2.32.